The number of anilines is 6. The largest absolute Gasteiger partial charge is 0.457 e. The first kappa shape index (κ1) is 31.8. The first-order valence-corrected chi connectivity index (χ1v) is 15.7. The summed E-state index contributed by atoms with van der Waals surface area (Å²) in [7, 11) is 0. The Bertz CT molecular complexity index is 1330. The Labute approximate surface area is 259 Å². The molecule has 0 bridgehead atoms. The molecule has 43 heavy (non-hydrogen) atoms. The minimum absolute atomic E-state index is 0.452. The monoisotopic (exact) mass is 578 g/mol. The van der Waals surface area contributed by atoms with Gasteiger partial charge in [-0.3, -0.25) is 0 Å². The highest BCUT2D eigenvalue weighted by atomic mass is 16.5. The number of aryl methyl sites for hydroxylation is 2. The maximum atomic E-state index is 6.24. The van der Waals surface area contributed by atoms with E-state index >= 15 is 0 Å². The minimum Gasteiger partial charge on any atom is -0.457 e. The lowest BCUT2D eigenvalue weighted by molar-refractivity contribution is 0.482. The molecule has 5 nitrogen and oxygen atoms in total. The summed E-state index contributed by atoms with van der Waals surface area (Å²) < 4.78 is 6.24. The smallest absolute Gasteiger partial charge is 0.127 e. The Balaban J connectivity index is 1.32. The minimum atomic E-state index is 0.452. The Morgan fingerprint density at radius 3 is 1.16 bits per heavy atom. The highest BCUT2D eigenvalue weighted by Gasteiger charge is 2.09. The van der Waals surface area contributed by atoms with Gasteiger partial charge in [-0.15, -0.1) is 0 Å². The molecule has 4 aromatic carbocycles. The second kappa shape index (κ2) is 14.9. The molecule has 0 spiro atoms. The maximum Gasteiger partial charge on any atom is 0.127 e. The van der Waals surface area contributed by atoms with E-state index in [2.05, 4.69) is 149 Å². The standard InChI is InChI=1S/C38H50N4O/c1-25(2)21-29(7)39-31-9-13-33(14-10-31)41-37-19-17-35(23-27(37)5)43-36-18-20-38(28(6)24-36)42-34-15-11-32(12-16-34)40-30(8)22-26(3)4/h9-20,23-26,29-30,39-42H,21-22H2,1-8H3. The molecule has 0 aliphatic carbocycles. The highest BCUT2D eigenvalue weighted by Crippen LogP contribution is 2.31. The number of hydrogen-bond acceptors (Lipinski definition) is 5. The number of rotatable bonds is 14. The topological polar surface area (TPSA) is 57.4 Å². The van der Waals surface area contributed by atoms with Crippen molar-refractivity contribution in [3.05, 3.63) is 96.1 Å². The van der Waals surface area contributed by atoms with Crippen LogP contribution in [0.1, 0.15) is 65.5 Å². The van der Waals surface area contributed by atoms with Gasteiger partial charge in [0.05, 0.1) is 0 Å². The number of ether oxygens (including phenoxy) is 1. The van der Waals surface area contributed by atoms with Gasteiger partial charge in [0.2, 0.25) is 0 Å². The predicted molar refractivity (Wildman–Crippen MR) is 187 cm³/mol. The summed E-state index contributed by atoms with van der Waals surface area (Å²) in [6, 6.07) is 30.2. The predicted octanol–water partition coefficient (Wildman–Crippen LogP) is 11.3. The summed E-state index contributed by atoms with van der Waals surface area (Å²) in [5.74, 6) is 2.99. The van der Waals surface area contributed by atoms with Crippen LogP contribution in [-0.4, -0.2) is 12.1 Å². The van der Waals surface area contributed by atoms with Crippen LogP contribution in [0.25, 0.3) is 0 Å². The van der Waals surface area contributed by atoms with E-state index in [1.54, 1.807) is 0 Å². The van der Waals surface area contributed by atoms with Crippen molar-refractivity contribution >= 4 is 34.1 Å². The molecule has 0 aliphatic heterocycles. The van der Waals surface area contributed by atoms with E-state index in [0.717, 1.165) is 69.6 Å². The van der Waals surface area contributed by atoms with E-state index < -0.39 is 0 Å². The average molecular weight is 579 g/mol. The van der Waals surface area contributed by atoms with Crippen LogP contribution in [0.3, 0.4) is 0 Å². The molecular formula is C38H50N4O. The first-order valence-electron chi connectivity index (χ1n) is 15.7. The van der Waals surface area contributed by atoms with Crippen molar-refractivity contribution in [2.24, 2.45) is 11.8 Å². The molecule has 5 heteroatoms. The lowest BCUT2D eigenvalue weighted by Crippen LogP contribution is -2.17. The molecule has 0 amide bonds. The van der Waals surface area contributed by atoms with Gasteiger partial charge in [-0.1, -0.05) is 27.7 Å². The van der Waals surface area contributed by atoms with Crippen molar-refractivity contribution in [1.82, 2.24) is 0 Å². The summed E-state index contributed by atoms with van der Waals surface area (Å²) in [6.07, 6.45) is 2.30. The van der Waals surface area contributed by atoms with Gasteiger partial charge in [-0.2, -0.15) is 0 Å². The molecule has 0 radical (unpaired) electrons. The molecule has 2 unspecified atom stereocenters. The van der Waals surface area contributed by atoms with Gasteiger partial charge in [-0.05, 0) is 148 Å². The third-order valence-corrected chi connectivity index (χ3v) is 7.44. The quantitative estimate of drug-likeness (QED) is 0.120. The maximum absolute atomic E-state index is 6.24. The number of hydrogen-bond donors (Lipinski definition) is 4. The van der Waals surface area contributed by atoms with Crippen molar-refractivity contribution in [3.8, 4) is 11.5 Å². The third-order valence-electron chi connectivity index (χ3n) is 7.44. The van der Waals surface area contributed by atoms with E-state index in [0.29, 0.717) is 23.9 Å². The zero-order valence-corrected chi connectivity index (χ0v) is 27.2. The molecule has 0 aliphatic rings. The summed E-state index contributed by atoms with van der Waals surface area (Å²) >= 11 is 0. The van der Waals surface area contributed by atoms with E-state index in [1.165, 1.54) is 0 Å². The van der Waals surface area contributed by atoms with Gasteiger partial charge in [-0.25, -0.2) is 0 Å². The fourth-order valence-corrected chi connectivity index (χ4v) is 5.53. The van der Waals surface area contributed by atoms with Crippen LogP contribution in [0.2, 0.25) is 0 Å². The lowest BCUT2D eigenvalue weighted by Gasteiger charge is -2.18. The van der Waals surface area contributed by atoms with E-state index in [9.17, 15) is 0 Å². The zero-order chi connectivity index (χ0) is 30.9. The molecule has 228 valence electrons. The van der Waals surface area contributed by atoms with Gasteiger partial charge in [0.15, 0.2) is 0 Å². The summed E-state index contributed by atoms with van der Waals surface area (Å²) in [5, 5.41) is 14.3. The van der Waals surface area contributed by atoms with Crippen molar-refractivity contribution in [1.29, 1.82) is 0 Å². The Kier molecular flexibility index (Phi) is 11.0. The van der Waals surface area contributed by atoms with Gasteiger partial charge in [0.25, 0.3) is 0 Å². The Hall–Kier alpha value is -4.12. The van der Waals surface area contributed by atoms with Crippen molar-refractivity contribution in [2.45, 2.75) is 80.3 Å². The molecule has 4 N–H and O–H groups in total. The second-order valence-corrected chi connectivity index (χ2v) is 12.8. The van der Waals surface area contributed by atoms with Crippen LogP contribution in [-0.2, 0) is 0 Å². The van der Waals surface area contributed by atoms with Crippen LogP contribution < -0.4 is 26.0 Å². The Morgan fingerprint density at radius 2 is 0.837 bits per heavy atom. The van der Waals surface area contributed by atoms with E-state index in [4.69, 9.17) is 4.74 Å². The number of benzene rings is 4. The van der Waals surface area contributed by atoms with Gasteiger partial charge < -0.3 is 26.0 Å². The molecular weight excluding hydrogens is 528 g/mol. The summed E-state index contributed by atoms with van der Waals surface area (Å²) in [4.78, 5) is 0. The first-order chi connectivity index (χ1) is 20.5. The fourth-order valence-electron chi connectivity index (χ4n) is 5.53. The van der Waals surface area contributed by atoms with Gasteiger partial charge >= 0.3 is 0 Å². The van der Waals surface area contributed by atoms with Crippen molar-refractivity contribution in [2.75, 3.05) is 21.3 Å². The lowest BCUT2D eigenvalue weighted by atomic mass is 10.1. The Morgan fingerprint density at radius 1 is 0.488 bits per heavy atom. The molecule has 0 saturated carbocycles. The van der Waals surface area contributed by atoms with E-state index in [-0.39, 0.29) is 0 Å². The molecule has 2 atom stereocenters. The van der Waals surface area contributed by atoms with Crippen LogP contribution in [0.4, 0.5) is 34.1 Å². The molecule has 4 aromatic rings. The summed E-state index contributed by atoms with van der Waals surface area (Å²) in [6.45, 7) is 17.7. The molecule has 0 aromatic heterocycles. The third kappa shape index (κ3) is 9.99. The molecule has 0 fully saturated rings. The molecule has 4 rings (SSSR count). The van der Waals surface area contributed by atoms with Crippen LogP contribution in [0, 0.1) is 25.7 Å². The van der Waals surface area contributed by atoms with Gasteiger partial charge in [0, 0.05) is 46.2 Å². The molecule has 0 heterocycles. The highest BCUT2D eigenvalue weighted by molar-refractivity contribution is 5.67. The number of nitrogens with one attached hydrogen (secondary N) is 4. The second-order valence-electron chi connectivity index (χ2n) is 12.8. The van der Waals surface area contributed by atoms with E-state index in [1.807, 2.05) is 12.1 Å². The average Bonchev–Trinajstić information content (AvgIpc) is 2.93. The van der Waals surface area contributed by atoms with Gasteiger partial charge in [0.1, 0.15) is 11.5 Å². The molecule has 0 saturated heterocycles. The normalized spacial score (nSPS) is 12.6. The van der Waals surface area contributed by atoms with Crippen LogP contribution >= 0.6 is 0 Å². The van der Waals surface area contributed by atoms with Crippen molar-refractivity contribution < 1.29 is 4.74 Å². The van der Waals surface area contributed by atoms with Crippen molar-refractivity contribution in [3.63, 3.8) is 0 Å². The fraction of sp³-hybridized carbons (Fsp3) is 0.368. The zero-order valence-electron chi connectivity index (χ0n) is 27.2. The SMILES string of the molecule is Cc1cc(Oc2ccc(Nc3ccc(NC(C)CC(C)C)cc3)c(C)c2)ccc1Nc1ccc(NC(C)CC(C)C)cc1. The summed E-state index contributed by atoms with van der Waals surface area (Å²) in [5.41, 5.74) is 8.78. The van der Waals surface area contributed by atoms with Crippen LogP contribution in [0.15, 0.2) is 84.9 Å². The van der Waals surface area contributed by atoms with Crippen LogP contribution in [0.5, 0.6) is 11.5 Å².